The number of aryl methyl sites for hydroxylation is 1. The number of para-hydroxylation sites is 1. The highest BCUT2D eigenvalue weighted by Gasteiger charge is 2.24. The Bertz CT molecular complexity index is 671. The number of hydrogen-bond acceptors (Lipinski definition) is 4. The molecule has 134 valence electrons. The van der Waals surface area contributed by atoms with Crippen LogP contribution in [-0.4, -0.2) is 53.8 Å². The van der Waals surface area contributed by atoms with E-state index in [0.717, 1.165) is 43.1 Å². The Labute approximate surface area is 148 Å². The number of ether oxygens (including phenoxy) is 1. The molecule has 6 heteroatoms. The van der Waals surface area contributed by atoms with Crippen molar-refractivity contribution in [1.29, 1.82) is 0 Å². The fourth-order valence-electron chi connectivity index (χ4n) is 3.22. The lowest BCUT2D eigenvalue weighted by atomic mass is 9.94. The van der Waals surface area contributed by atoms with Gasteiger partial charge in [-0.05, 0) is 44.5 Å². The van der Waals surface area contributed by atoms with Crippen LogP contribution in [0.15, 0.2) is 36.4 Å². The molecule has 0 bridgehead atoms. The molecule has 1 aromatic carbocycles. The van der Waals surface area contributed by atoms with Gasteiger partial charge in [-0.3, -0.25) is 14.8 Å². The van der Waals surface area contributed by atoms with Gasteiger partial charge in [-0.15, -0.1) is 0 Å². The minimum Gasteiger partial charge on any atom is -0.492 e. The first kappa shape index (κ1) is 17.5. The largest absolute Gasteiger partial charge is 0.492 e. The van der Waals surface area contributed by atoms with E-state index in [-0.39, 0.29) is 5.91 Å². The van der Waals surface area contributed by atoms with Crippen LogP contribution < -0.4 is 10.1 Å². The molecule has 25 heavy (non-hydrogen) atoms. The number of carbonyl (C=O) groups is 1. The maximum absolute atomic E-state index is 12.1. The summed E-state index contributed by atoms with van der Waals surface area (Å²) in [7, 11) is 0. The molecule has 6 nitrogen and oxygen atoms in total. The van der Waals surface area contributed by atoms with Crippen LogP contribution in [0.5, 0.6) is 5.75 Å². The van der Waals surface area contributed by atoms with E-state index in [4.69, 9.17) is 4.74 Å². The third kappa shape index (κ3) is 5.32. The van der Waals surface area contributed by atoms with Gasteiger partial charge in [0, 0.05) is 18.2 Å². The summed E-state index contributed by atoms with van der Waals surface area (Å²) < 4.78 is 5.58. The van der Waals surface area contributed by atoms with E-state index in [0.29, 0.717) is 25.6 Å². The molecule has 1 saturated heterocycles. The number of rotatable bonds is 7. The van der Waals surface area contributed by atoms with Gasteiger partial charge in [0.05, 0.1) is 18.8 Å². The van der Waals surface area contributed by atoms with E-state index in [1.807, 2.05) is 37.3 Å². The van der Waals surface area contributed by atoms with Gasteiger partial charge < -0.3 is 10.1 Å². The molecule has 1 fully saturated rings. The number of aromatic nitrogens is 2. The van der Waals surface area contributed by atoms with E-state index in [1.54, 1.807) is 0 Å². The molecular weight excluding hydrogens is 316 g/mol. The van der Waals surface area contributed by atoms with Crippen LogP contribution in [0, 0.1) is 6.92 Å². The molecule has 1 aliphatic heterocycles. The number of benzene rings is 1. The zero-order valence-electron chi connectivity index (χ0n) is 14.7. The van der Waals surface area contributed by atoms with Gasteiger partial charge in [0.2, 0.25) is 5.91 Å². The molecule has 2 N–H and O–H groups in total. The standard InChI is InChI=1S/C19H26N4O2/c1-15-12-18(22-21-15)16-6-5-10-23(13-16)14-19(24)20-9-11-25-17-7-3-2-4-8-17/h2-4,7-8,12,16H,5-6,9-11,13-14H2,1H3,(H,20,24)(H,21,22). The number of nitrogens with zero attached hydrogens (tertiary/aromatic N) is 2. The fraction of sp³-hybridized carbons (Fsp3) is 0.474. The topological polar surface area (TPSA) is 70.2 Å². The van der Waals surface area contributed by atoms with E-state index in [2.05, 4.69) is 26.5 Å². The van der Waals surface area contributed by atoms with Gasteiger partial charge in [-0.2, -0.15) is 5.10 Å². The second-order valence-electron chi connectivity index (χ2n) is 6.56. The first-order chi connectivity index (χ1) is 12.2. The highest BCUT2D eigenvalue weighted by atomic mass is 16.5. The fourth-order valence-corrected chi connectivity index (χ4v) is 3.22. The third-order valence-corrected chi connectivity index (χ3v) is 4.45. The number of nitrogens with one attached hydrogen (secondary N) is 2. The summed E-state index contributed by atoms with van der Waals surface area (Å²) in [4.78, 5) is 14.4. The predicted octanol–water partition coefficient (Wildman–Crippen LogP) is 2.09. The quantitative estimate of drug-likeness (QED) is 0.756. The average Bonchev–Trinajstić information content (AvgIpc) is 3.06. The Morgan fingerprint density at radius 1 is 1.40 bits per heavy atom. The molecule has 3 rings (SSSR count). The van der Waals surface area contributed by atoms with Crippen LogP contribution in [-0.2, 0) is 4.79 Å². The Morgan fingerprint density at radius 2 is 2.24 bits per heavy atom. The van der Waals surface area contributed by atoms with Gasteiger partial charge in [-0.25, -0.2) is 0 Å². The summed E-state index contributed by atoms with van der Waals surface area (Å²) in [5.74, 6) is 1.29. The molecule has 0 spiro atoms. The minimum atomic E-state index is 0.0514. The average molecular weight is 342 g/mol. The Balaban J connectivity index is 1.37. The number of H-pyrrole nitrogens is 1. The number of amides is 1. The molecule has 1 aromatic heterocycles. The first-order valence-corrected chi connectivity index (χ1v) is 8.89. The molecule has 1 aliphatic rings. The van der Waals surface area contributed by atoms with Gasteiger partial charge in [0.1, 0.15) is 12.4 Å². The summed E-state index contributed by atoms with van der Waals surface area (Å²) in [5, 5.41) is 10.3. The predicted molar refractivity (Wildman–Crippen MR) is 96.7 cm³/mol. The van der Waals surface area contributed by atoms with Crippen molar-refractivity contribution in [3.63, 3.8) is 0 Å². The molecule has 2 aromatic rings. The summed E-state index contributed by atoms with van der Waals surface area (Å²) >= 11 is 0. The highest BCUT2D eigenvalue weighted by Crippen LogP contribution is 2.25. The number of carbonyl (C=O) groups excluding carboxylic acids is 1. The summed E-state index contributed by atoms with van der Waals surface area (Å²) in [5.41, 5.74) is 2.20. The Morgan fingerprint density at radius 3 is 3.00 bits per heavy atom. The van der Waals surface area contributed by atoms with Crippen molar-refractivity contribution in [2.45, 2.75) is 25.7 Å². The molecule has 2 heterocycles. The lowest BCUT2D eigenvalue weighted by Crippen LogP contribution is -2.42. The molecule has 1 unspecified atom stereocenters. The molecule has 0 aliphatic carbocycles. The summed E-state index contributed by atoms with van der Waals surface area (Å²) in [6.45, 7) is 5.30. The van der Waals surface area contributed by atoms with Crippen molar-refractivity contribution in [3.8, 4) is 5.75 Å². The lowest BCUT2D eigenvalue weighted by Gasteiger charge is -2.31. The monoisotopic (exact) mass is 342 g/mol. The van der Waals surface area contributed by atoms with Crippen molar-refractivity contribution < 1.29 is 9.53 Å². The minimum absolute atomic E-state index is 0.0514. The second kappa shape index (κ2) is 8.67. The van der Waals surface area contributed by atoms with Crippen LogP contribution in [0.25, 0.3) is 0 Å². The van der Waals surface area contributed by atoms with Crippen LogP contribution >= 0.6 is 0 Å². The van der Waals surface area contributed by atoms with E-state index < -0.39 is 0 Å². The maximum Gasteiger partial charge on any atom is 0.234 e. The molecule has 1 amide bonds. The van der Waals surface area contributed by atoms with E-state index in [9.17, 15) is 4.79 Å². The molecule has 0 radical (unpaired) electrons. The van der Waals surface area contributed by atoms with Gasteiger partial charge in [-0.1, -0.05) is 18.2 Å². The number of aromatic amines is 1. The zero-order valence-corrected chi connectivity index (χ0v) is 14.7. The second-order valence-corrected chi connectivity index (χ2v) is 6.56. The van der Waals surface area contributed by atoms with Crippen LogP contribution in [0.3, 0.4) is 0 Å². The maximum atomic E-state index is 12.1. The SMILES string of the molecule is Cc1cc(C2CCCN(CC(=O)NCCOc3ccccc3)C2)n[nH]1. The van der Waals surface area contributed by atoms with Crippen molar-refractivity contribution in [1.82, 2.24) is 20.4 Å². The van der Waals surface area contributed by atoms with Crippen molar-refractivity contribution in [2.75, 3.05) is 32.8 Å². The van der Waals surface area contributed by atoms with Gasteiger partial charge >= 0.3 is 0 Å². The summed E-state index contributed by atoms with van der Waals surface area (Å²) in [6, 6.07) is 11.7. The van der Waals surface area contributed by atoms with Crippen molar-refractivity contribution in [3.05, 3.63) is 47.8 Å². The van der Waals surface area contributed by atoms with Gasteiger partial charge in [0.25, 0.3) is 0 Å². The molecular formula is C19H26N4O2. The first-order valence-electron chi connectivity index (χ1n) is 8.89. The Hall–Kier alpha value is -2.34. The molecule has 0 saturated carbocycles. The van der Waals surface area contributed by atoms with Crippen LogP contribution in [0.1, 0.15) is 30.1 Å². The number of piperidine rings is 1. The van der Waals surface area contributed by atoms with Crippen molar-refractivity contribution in [2.24, 2.45) is 0 Å². The smallest absolute Gasteiger partial charge is 0.234 e. The van der Waals surface area contributed by atoms with Crippen LogP contribution in [0.2, 0.25) is 0 Å². The van der Waals surface area contributed by atoms with Crippen molar-refractivity contribution >= 4 is 5.91 Å². The number of hydrogen-bond donors (Lipinski definition) is 2. The summed E-state index contributed by atoms with van der Waals surface area (Å²) in [6.07, 6.45) is 2.23. The zero-order chi connectivity index (χ0) is 17.5. The van der Waals surface area contributed by atoms with Gasteiger partial charge in [0.15, 0.2) is 0 Å². The molecule has 1 atom stereocenters. The van der Waals surface area contributed by atoms with E-state index in [1.165, 1.54) is 0 Å². The number of likely N-dealkylation sites (tertiary alicyclic amines) is 1. The lowest BCUT2D eigenvalue weighted by molar-refractivity contribution is -0.122. The normalized spacial score (nSPS) is 18.0. The van der Waals surface area contributed by atoms with E-state index >= 15 is 0 Å². The Kier molecular flexibility index (Phi) is 6.06. The highest BCUT2D eigenvalue weighted by molar-refractivity contribution is 5.78. The van der Waals surface area contributed by atoms with Crippen LogP contribution in [0.4, 0.5) is 0 Å². The third-order valence-electron chi connectivity index (χ3n) is 4.45.